The summed E-state index contributed by atoms with van der Waals surface area (Å²) < 4.78 is 10.5. The summed E-state index contributed by atoms with van der Waals surface area (Å²) in [6, 6.07) is 13.3. The zero-order chi connectivity index (χ0) is 20.1. The van der Waals surface area contributed by atoms with E-state index in [0.29, 0.717) is 16.3 Å². The first-order valence-corrected chi connectivity index (χ1v) is 9.69. The molecule has 148 valence electrons. The lowest BCUT2D eigenvalue weighted by Crippen LogP contribution is -2.36. The van der Waals surface area contributed by atoms with Gasteiger partial charge in [0.2, 0.25) is 0 Å². The summed E-state index contributed by atoms with van der Waals surface area (Å²) in [6.45, 7) is -0.281. The van der Waals surface area contributed by atoms with Crippen molar-refractivity contribution in [2.45, 2.75) is 31.7 Å². The number of fused-ring (bicyclic) bond motifs is 1. The van der Waals surface area contributed by atoms with Crippen molar-refractivity contribution < 1.29 is 19.1 Å². The molecule has 0 heterocycles. The van der Waals surface area contributed by atoms with E-state index in [-0.39, 0.29) is 25.0 Å². The Morgan fingerprint density at radius 3 is 2.79 bits per heavy atom. The molecule has 0 unspecified atom stereocenters. The molecule has 6 heteroatoms. The number of halogens is 1. The lowest BCUT2D eigenvalue weighted by Gasteiger charge is -2.33. The van der Waals surface area contributed by atoms with Crippen LogP contribution in [-0.2, 0) is 27.2 Å². The van der Waals surface area contributed by atoms with Crippen LogP contribution in [0.2, 0.25) is 5.02 Å². The summed E-state index contributed by atoms with van der Waals surface area (Å²) in [5.74, 6) is -0.150. The van der Waals surface area contributed by atoms with Gasteiger partial charge in [0.25, 0.3) is 5.91 Å². The molecule has 0 aromatic heterocycles. The zero-order valence-electron chi connectivity index (χ0n) is 16.1. The van der Waals surface area contributed by atoms with E-state index in [9.17, 15) is 9.59 Å². The summed E-state index contributed by atoms with van der Waals surface area (Å²) >= 11 is 5.99. The number of ether oxygens (including phenoxy) is 2. The Morgan fingerprint density at radius 1 is 1.21 bits per heavy atom. The Hall–Kier alpha value is -2.53. The molecule has 0 saturated carbocycles. The van der Waals surface area contributed by atoms with Crippen molar-refractivity contribution in [2.75, 3.05) is 20.8 Å². The highest BCUT2D eigenvalue weighted by molar-refractivity contribution is 6.30. The quantitative estimate of drug-likeness (QED) is 0.687. The van der Waals surface area contributed by atoms with E-state index in [1.54, 1.807) is 30.1 Å². The Labute approximate surface area is 170 Å². The lowest BCUT2D eigenvalue weighted by atomic mass is 9.87. The number of benzene rings is 2. The minimum atomic E-state index is -0.494. The van der Waals surface area contributed by atoms with E-state index in [0.717, 1.165) is 19.3 Å². The molecule has 0 bridgehead atoms. The molecule has 0 radical (unpaired) electrons. The highest BCUT2D eigenvalue weighted by Gasteiger charge is 2.27. The van der Waals surface area contributed by atoms with Gasteiger partial charge in [-0.3, -0.25) is 9.59 Å². The fourth-order valence-electron chi connectivity index (χ4n) is 3.64. The number of hydrogen-bond acceptors (Lipinski definition) is 4. The van der Waals surface area contributed by atoms with E-state index in [1.807, 2.05) is 12.1 Å². The van der Waals surface area contributed by atoms with Crippen molar-refractivity contribution >= 4 is 23.5 Å². The van der Waals surface area contributed by atoms with Crippen LogP contribution in [-0.4, -0.2) is 37.5 Å². The van der Waals surface area contributed by atoms with Gasteiger partial charge in [-0.15, -0.1) is 0 Å². The number of likely N-dealkylation sites (N-methyl/N-ethyl adjacent to an activating group) is 1. The number of hydrogen-bond donors (Lipinski definition) is 0. The number of esters is 1. The summed E-state index contributed by atoms with van der Waals surface area (Å²) in [5.41, 5.74) is 3.09. The van der Waals surface area contributed by atoms with Crippen molar-refractivity contribution in [1.82, 2.24) is 4.90 Å². The third-order valence-corrected chi connectivity index (χ3v) is 5.37. The minimum absolute atomic E-state index is 0.00695. The Balaban J connectivity index is 1.58. The molecule has 0 saturated heterocycles. The van der Waals surface area contributed by atoms with E-state index in [4.69, 9.17) is 21.1 Å². The van der Waals surface area contributed by atoms with Gasteiger partial charge < -0.3 is 14.4 Å². The second kappa shape index (κ2) is 9.11. The number of methoxy groups -OCH3 is 1. The normalized spacial score (nSPS) is 15.5. The highest BCUT2D eigenvalue weighted by Crippen LogP contribution is 2.33. The van der Waals surface area contributed by atoms with Gasteiger partial charge in [0.05, 0.1) is 19.6 Å². The van der Waals surface area contributed by atoms with Crippen LogP contribution in [0.4, 0.5) is 0 Å². The Morgan fingerprint density at radius 2 is 2.00 bits per heavy atom. The fraction of sp³-hybridized carbons (Fsp3) is 0.364. The Kier molecular flexibility index (Phi) is 6.57. The fourth-order valence-corrected chi connectivity index (χ4v) is 3.83. The van der Waals surface area contributed by atoms with Crippen molar-refractivity contribution in [3.8, 4) is 5.75 Å². The molecule has 2 aromatic carbocycles. The third kappa shape index (κ3) is 4.65. The van der Waals surface area contributed by atoms with Gasteiger partial charge in [0.1, 0.15) is 5.75 Å². The summed E-state index contributed by atoms with van der Waals surface area (Å²) in [5, 5.41) is 0.510. The molecule has 2 aromatic rings. The maximum Gasteiger partial charge on any atom is 0.310 e. The maximum absolute atomic E-state index is 12.6. The largest absolute Gasteiger partial charge is 0.496 e. The molecule has 28 heavy (non-hydrogen) atoms. The molecule has 0 spiro atoms. The van der Waals surface area contributed by atoms with Crippen LogP contribution in [0.1, 0.15) is 35.6 Å². The van der Waals surface area contributed by atoms with Crippen LogP contribution in [0.25, 0.3) is 0 Å². The van der Waals surface area contributed by atoms with Crippen LogP contribution in [0.15, 0.2) is 42.5 Å². The van der Waals surface area contributed by atoms with Gasteiger partial charge in [0.15, 0.2) is 6.61 Å². The van der Waals surface area contributed by atoms with Crippen molar-refractivity contribution in [2.24, 2.45) is 0 Å². The predicted molar refractivity (Wildman–Crippen MR) is 108 cm³/mol. The molecule has 1 atom stereocenters. The second-order valence-corrected chi connectivity index (χ2v) is 7.34. The van der Waals surface area contributed by atoms with Crippen LogP contribution < -0.4 is 4.74 Å². The topological polar surface area (TPSA) is 55.8 Å². The van der Waals surface area contributed by atoms with Gasteiger partial charge in [-0.2, -0.15) is 0 Å². The van der Waals surface area contributed by atoms with Gasteiger partial charge in [-0.05, 0) is 48.6 Å². The monoisotopic (exact) mass is 401 g/mol. The number of carbonyl (C=O) groups excluding carboxylic acids is 2. The third-order valence-electron chi connectivity index (χ3n) is 5.13. The van der Waals surface area contributed by atoms with Gasteiger partial charge in [-0.25, -0.2) is 0 Å². The van der Waals surface area contributed by atoms with Gasteiger partial charge in [-0.1, -0.05) is 35.9 Å². The first-order valence-electron chi connectivity index (χ1n) is 9.31. The molecule has 0 N–H and O–H groups in total. The summed E-state index contributed by atoms with van der Waals surface area (Å²) in [6.07, 6.45) is 2.97. The van der Waals surface area contributed by atoms with Crippen LogP contribution in [0.3, 0.4) is 0 Å². The highest BCUT2D eigenvalue weighted by atomic mass is 35.5. The SMILES string of the molecule is COc1ccc(Cl)cc1CC(=O)OCC(=O)N(C)[C@@H]1CCCc2ccccc21. The molecule has 3 rings (SSSR count). The molecular formula is C22H24ClNO4. The minimum Gasteiger partial charge on any atom is -0.496 e. The molecule has 1 aliphatic carbocycles. The van der Waals surface area contributed by atoms with E-state index in [1.165, 1.54) is 18.2 Å². The van der Waals surface area contributed by atoms with Gasteiger partial charge >= 0.3 is 5.97 Å². The van der Waals surface area contributed by atoms with Gasteiger partial charge in [0, 0.05) is 17.6 Å². The number of carbonyl (C=O) groups is 2. The lowest BCUT2D eigenvalue weighted by molar-refractivity contribution is -0.152. The average molecular weight is 402 g/mol. The van der Waals surface area contributed by atoms with E-state index >= 15 is 0 Å². The molecule has 5 nitrogen and oxygen atoms in total. The standard InChI is InChI=1S/C22H24ClNO4/c1-24(19-9-5-7-15-6-3-4-8-18(15)19)21(25)14-28-22(26)13-16-12-17(23)10-11-20(16)27-2/h3-4,6,8,10-12,19H,5,7,9,13-14H2,1-2H3/t19-/m1/s1. The molecular weight excluding hydrogens is 378 g/mol. The first kappa shape index (κ1) is 20.2. The predicted octanol–water partition coefficient (Wildman–Crippen LogP) is 3.97. The number of nitrogens with zero attached hydrogens (tertiary/aromatic N) is 1. The van der Waals surface area contributed by atoms with Crippen LogP contribution in [0.5, 0.6) is 5.75 Å². The maximum atomic E-state index is 12.6. The van der Waals surface area contributed by atoms with Crippen molar-refractivity contribution in [1.29, 1.82) is 0 Å². The van der Waals surface area contributed by atoms with Crippen molar-refractivity contribution in [3.63, 3.8) is 0 Å². The first-order chi connectivity index (χ1) is 13.5. The second-order valence-electron chi connectivity index (χ2n) is 6.91. The Bertz CT molecular complexity index is 867. The molecule has 1 amide bonds. The van der Waals surface area contributed by atoms with E-state index in [2.05, 4.69) is 12.1 Å². The number of aryl methyl sites for hydroxylation is 1. The number of rotatable bonds is 6. The summed E-state index contributed by atoms with van der Waals surface area (Å²) in [4.78, 5) is 26.5. The zero-order valence-corrected chi connectivity index (χ0v) is 16.9. The molecule has 0 fully saturated rings. The smallest absolute Gasteiger partial charge is 0.310 e. The van der Waals surface area contributed by atoms with E-state index < -0.39 is 5.97 Å². The average Bonchev–Trinajstić information content (AvgIpc) is 2.71. The van der Waals surface area contributed by atoms with Crippen LogP contribution >= 0.6 is 11.6 Å². The van der Waals surface area contributed by atoms with Crippen LogP contribution in [0, 0.1) is 0 Å². The number of amides is 1. The molecule has 0 aliphatic heterocycles. The summed E-state index contributed by atoms with van der Waals surface area (Å²) in [7, 11) is 3.29. The molecule has 1 aliphatic rings. The van der Waals surface area contributed by atoms with Crippen molar-refractivity contribution in [3.05, 3.63) is 64.2 Å².